The van der Waals surface area contributed by atoms with E-state index >= 15 is 0 Å². The van der Waals surface area contributed by atoms with Gasteiger partial charge in [0.25, 0.3) is 0 Å². The summed E-state index contributed by atoms with van der Waals surface area (Å²) in [5.41, 5.74) is 1.68. The molecular weight excluding hydrogens is 292 g/mol. The Bertz CT molecular complexity index is 595. The fraction of sp³-hybridized carbons (Fsp3) is 0.316. The maximum absolute atomic E-state index is 11.4. The molecule has 0 aromatic heterocycles. The van der Waals surface area contributed by atoms with Crippen LogP contribution in [0, 0.1) is 0 Å². The minimum absolute atomic E-state index is 0.357. The first-order valence-electron chi connectivity index (χ1n) is 7.72. The fourth-order valence-corrected chi connectivity index (χ4v) is 2.09. The number of unbranched alkanes of at least 4 members (excludes halogenated alkanes) is 1. The molecule has 0 N–H and O–H groups in total. The van der Waals surface area contributed by atoms with E-state index in [1.54, 1.807) is 18.2 Å². The van der Waals surface area contributed by atoms with E-state index in [1.807, 2.05) is 24.3 Å². The first kappa shape index (κ1) is 17.0. The van der Waals surface area contributed by atoms with Crippen LogP contribution in [0.15, 0.2) is 54.6 Å². The van der Waals surface area contributed by atoms with E-state index in [9.17, 15) is 4.79 Å². The van der Waals surface area contributed by atoms with Crippen molar-refractivity contribution in [3.63, 3.8) is 0 Å². The fourth-order valence-electron chi connectivity index (χ4n) is 2.09. The molecule has 0 saturated carbocycles. The van der Waals surface area contributed by atoms with Gasteiger partial charge in [-0.3, -0.25) is 0 Å². The van der Waals surface area contributed by atoms with Crippen LogP contribution in [0.4, 0.5) is 0 Å². The largest absolute Gasteiger partial charge is 0.494 e. The summed E-state index contributed by atoms with van der Waals surface area (Å²) in [4.78, 5) is 11.4. The molecule has 122 valence electrons. The average Bonchev–Trinajstić information content (AvgIpc) is 2.61. The number of carbonyl (C=O) groups is 1. The molecule has 0 fully saturated rings. The molecule has 2 aromatic rings. The Balaban J connectivity index is 1.59. The van der Waals surface area contributed by atoms with Crippen LogP contribution in [0.3, 0.4) is 0 Å². The first-order valence-corrected chi connectivity index (χ1v) is 7.72. The van der Waals surface area contributed by atoms with Gasteiger partial charge in [0.2, 0.25) is 0 Å². The highest BCUT2D eigenvalue weighted by atomic mass is 16.5. The molecular formula is C19H22O4. The van der Waals surface area contributed by atoms with Gasteiger partial charge in [0, 0.05) is 6.61 Å². The van der Waals surface area contributed by atoms with Gasteiger partial charge in [-0.1, -0.05) is 36.4 Å². The Morgan fingerprint density at radius 1 is 0.957 bits per heavy atom. The Labute approximate surface area is 137 Å². The summed E-state index contributed by atoms with van der Waals surface area (Å²) in [5.74, 6) is 0.322. The molecule has 0 bridgehead atoms. The minimum Gasteiger partial charge on any atom is -0.494 e. The Morgan fingerprint density at radius 3 is 2.52 bits per heavy atom. The van der Waals surface area contributed by atoms with Crippen LogP contribution in [0.25, 0.3) is 0 Å². The van der Waals surface area contributed by atoms with E-state index in [0.29, 0.717) is 31.1 Å². The molecule has 0 atom stereocenters. The minimum atomic E-state index is -0.357. The summed E-state index contributed by atoms with van der Waals surface area (Å²) in [6.45, 7) is 1.95. The van der Waals surface area contributed by atoms with Gasteiger partial charge in [-0.2, -0.15) is 0 Å². The Morgan fingerprint density at radius 2 is 1.74 bits per heavy atom. The molecule has 0 saturated heterocycles. The topological polar surface area (TPSA) is 44.8 Å². The zero-order chi connectivity index (χ0) is 16.3. The third kappa shape index (κ3) is 6.12. The second-order valence-electron chi connectivity index (χ2n) is 5.11. The van der Waals surface area contributed by atoms with Gasteiger partial charge >= 0.3 is 5.97 Å². The predicted molar refractivity (Wildman–Crippen MR) is 88.6 cm³/mol. The number of rotatable bonds is 9. The predicted octanol–water partition coefficient (Wildman–Crippen LogP) is 3.85. The number of hydrogen-bond acceptors (Lipinski definition) is 4. The Kier molecular flexibility index (Phi) is 7.14. The number of hydrogen-bond donors (Lipinski definition) is 0. The van der Waals surface area contributed by atoms with Crippen molar-refractivity contribution in [3.05, 3.63) is 65.7 Å². The van der Waals surface area contributed by atoms with Crippen molar-refractivity contribution >= 4 is 5.97 Å². The molecule has 2 rings (SSSR count). The van der Waals surface area contributed by atoms with Crippen molar-refractivity contribution in [3.8, 4) is 5.75 Å². The van der Waals surface area contributed by atoms with Crippen molar-refractivity contribution < 1.29 is 19.0 Å². The highest BCUT2D eigenvalue weighted by Crippen LogP contribution is 2.14. The molecule has 4 heteroatoms. The van der Waals surface area contributed by atoms with E-state index in [2.05, 4.69) is 16.9 Å². The molecule has 0 radical (unpaired) electrons. The van der Waals surface area contributed by atoms with Crippen LogP contribution in [0.2, 0.25) is 0 Å². The van der Waals surface area contributed by atoms with Crippen molar-refractivity contribution in [2.45, 2.75) is 19.4 Å². The number of carbonyl (C=O) groups excluding carboxylic acids is 1. The summed E-state index contributed by atoms with van der Waals surface area (Å²) in [5, 5.41) is 0. The summed E-state index contributed by atoms with van der Waals surface area (Å²) in [6, 6.07) is 17.1. The smallest absolute Gasteiger partial charge is 0.337 e. The normalized spacial score (nSPS) is 10.3. The third-order valence-corrected chi connectivity index (χ3v) is 3.32. The monoisotopic (exact) mass is 314 g/mol. The highest BCUT2D eigenvalue weighted by molar-refractivity contribution is 5.89. The first-order chi connectivity index (χ1) is 11.3. The molecule has 0 unspecified atom stereocenters. The van der Waals surface area contributed by atoms with Crippen LogP contribution in [-0.2, 0) is 16.1 Å². The molecule has 0 aliphatic rings. The molecule has 0 spiro atoms. The number of benzene rings is 2. The van der Waals surface area contributed by atoms with E-state index in [1.165, 1.54) is 12.7 Å². The maximum Gasteiger partial charge on any atom is 0.337 e. The lowest BCUT2D eigenvalue weighted by Crippen LogP contribution is -2.03. The number of ether oxygens (including phenoxy) is 3. The SMILES string of the molecule is COC(=O)c1cccc(OCCCCOCc2ccccc2)c1. The Hall–Kier alpha value is -2.33. The summed E-state index contributed by atoms with van der Waals surface area (Å²) < 4.78 is 15.9. The van der Waals surface area contributed by atoms with Crippen molar-refractivity contribution in [2.75, 3.05) is 20.3 Å². The third-order valence-electron chi connectivity index (χ3n) is 3.32. The number of esters is 1. The molecule has 0 aliphatic carbocycles. The maximum atomic E-state index is 11.4. The molecule has 4 nitrogen and oxygen atoms in total. The summed E-state index contributed by atoms with van der Waals surface area (Å²) in [6.07, 6.45) is 1.83. The molecule has 0 aliphatic heterocycles. The van der Waals surface area contributed by atoms with Crippen molar-refractivity contribution in [2.24, 2.45) is 0 Å². The van der Waals surface area contributed by atoms with E-state index < -0.39 is 0 Å². The summed E-state index contributed by atoms with van der Waals surface area (Å²) in [7, 11) is 1.37. The molecule has 0 amide bonds. The van der Waals surface area contributed by atoms with Crippen molar-refractivity contribution in [1.82, 2.24) is 0 Å². The van der Waals surface area contributed by atoms with Gasteiger partial charge in [0.05, 0.1) is 25.9 Å². The second kappa shape index (κ2) is 9.64. The lowest BCUT2D eigenvalue weighted by molar-refractivity contribution is 0.0600. The van der Waals surface area contributed by atoms with Gasteiger partial charge < -0.3 is 14.2 Å². The van der Waals surface area contributed by atoms with Crippen LogP contribution in [-0.4, -0.2) is 26.3 Å². The van der Waals surface area contributed by atoms with E-state index in [0.717, 1.165) is 12.8 Å². The molecule has 0 heterocycles. The van der Waals surface area contributed by atoms with Gasteiger partial charge in [0.1, 0.15) is 5.75 Å². The van der Waals surface area contributed by atoms with Crippen LogP contribution in [0.5, 0.6) is 5.75 Å². The zero-order valence-electron chi connectivity index (χ0n) is 13.4. The van der Waals surface area contributed by atoms with Gasteiger partial charge in [-0.05, 0) is 36.6 Å². The molecule has 23 heavy (non-hydrogen) atoms. The molecule has 2 aromatic carbocycles. The summed E-state index contributed by atoms with van der Waals surface area (Å²) >= 11 is 0. The van der Waals surface area contributed by atoms with Crippen LogP contribution in [0.1, 0.15) is 28.8 Å². The van der Waals surface area contributed by atoms with Gasteiger partial charge in [-0.25, -0.2) is 4.79 Å². The van der Waals surface area contributed by atoms with E-state index in [4.69, 9.17) is 9.47 Å². The average molecular weight is 314 g/mol. The quantitative estimate of drug-likeness (QED) is 0.521. The number of methoxy groups -OCH3 is 1. The highest BCUT2D eigenvalue weighted by Gasteiger charge is 2.05. The van der Waals surface area contributed by atoms with Crippen LogP contribution >= 0.6 is 0 Å². The van der Waals surface area contributed by atoms with Crippen LogP contribution < -0.4 is 4.74 Å². The van der Waals surface area contributed by atoms with Gasteiger partial charge in [-0.15, -0.1) is 0 Å². The van der Waals surface area contributed by atoms with Gasteiger partial charge in [0.15, 0.2) is 0 Å². The lowest BCUT2D eigenvalue weighted by atomic mass is 10.2. The lowest BCUT2D eigenvalue weighted by Gasteiger charge is -2.08. The van der Waals surface area contributed by atoms with Crippen molar-refractivity contribution in [1.29, 1.82) is 0 Å². The zero-order valence-corrected chi connectivity index (χ0v) is 13.4. The second-order valence-corrected chi connectivity index (χ2v) is 5.11. The standard InChI is InChI=1S/C19H22O4/c1-21-19(20)17-10-7-11-18(14-17)23-13-6-5-12-22-15-16-8-3-2-4-9-16/h2-4,7-11,14H,5-6,12-13,15H2,1H3. The van der Waals surface area contributed by atoms with E-state index in [-0.39, 0.29) is 5.97 Å².